The van der Waals surface area contributed by atoms with Crippen LogP contribution in [-0.4, -0.2) is 18.1 Å². The van der Waals surface area contributed by atoms with Gasteiger partial charge in [0.2, 0.25) is 0 Å². The maximum Gasteiger partial charge on any atom is 0.142 e. The molecule has 4 heteroatoms. The normalized spacial score (nSPS) is 12.4. The Hall–Kier alpha value is -1.45. The minimum Gasteiger partial charge on any atom is -0.316 e. The zero-order valence-corrected chi connectivity index (χ0v) is 11.5. The van der Waals surface area contributed by atoms with Crippen molar-refractivity contribution in [2.24, 2.45) is 0 Å². The van der Waals surface area contributed by atoms with E-state index in [9.17, 15) is 4.39 Å². The number of rotatable bonds is 5. The number of nitrogens with one attached hydrogen (secondary N) is 1. The summed E-state index contributed by atoms with van der Waals surface area (Å²) in [7, 11) is 1.90. The molecule has 0 amide bonds. The highest BCUT2D eigenvalue weighted by Crippen LogP contribution is 2.21. The third-order valence-electron chi connectivity index (χ3n) is 3.11. The molecule has 1 aromatic carbocycles. The minimum atomic E-state index is -0.365. The molecule has 1 unspecified atom stereocenters. The molecule has 0 aliphatic heterocycles. The number of hydrogen-bond acceptors (Lipinski definition) is 2. The molecule has 19 heavy (non-hydrogen) atoms. The molecule has 2 rings (SSSR count). The molecule has 0 saturated carbocycles. The van der Waals surface area contributed by atoms with Crippen LogP contribution in [-0.2, 0) is 12.8 Å². The van der Waals surface area contributed by atoms with Crippen LogP contribution in [0.25, 0.3) is 0 Å². The fourth-order valence-corrected chi connectivity index (χ4v) is 2.25. The molecule has 0 aliphatic rings. The van der Waals surface area contributed by atoms with Gasteiger partial charge in [-0.15, -0.1) is 0 Å². The summed E-state index contributed by atoms with van der Waals surface area (Å²) < 4.78 is 13.4. The number of pyridine rings is 1. The van der Waals surface area contributed by atoms with Crippen LogP contribution in [0.5, 0.6) is 0 Å². The Labute approximate surface area is 117 Å². The average molecular weight is 279 g/mol. The molecule has 0 bridgehead atoms. The zero-order chi connectivity index (χ0) is 13.7. The van der Waals surface area contributed by atoms with Crippen molar-refractivity contribution in [3.63, 3.8) is 0 Å². The van der Waals surface area contributed by atoms with Gasteiger partial charge >= 0.3 is 0 Å². The Morgan fingerprint density at radius 3 is 2.79 bits per heavy atom. The molecule has 0 saturated heterocycles. The average Bonchev–Trinajstić information content (AvgIpc) is 2.44. The molecular weight excluding hydrogens is 263 g/mol. The lowest BCUT2D eigenvalue weighted by Crippen LogP contribution is -2.30. The number of halogens is 2. The van der Waals surface area contributed by atoms with Gasteiger partial charge in [-0.2, -0.15) is 0 Å². The van der Waals surface area contributed by atoms with Crippen molar-refractivity contribution >= 4 is 11.6 Å². The Bertz CT molecular complexity index is 531. The van der Waals surface area contributed by atoms with Gasteiger partial charge in [0.05, 0.1) is 5.02 Å². The van der Waals surface area contributed by atoms with Gasteiger partial charge in [0.1, 0.15) is 5.82 Å². The van der Waals surface area contributed by atoms with Crippen molar-refractivity contribution in [1.82, 2.24) is 10.3 Å². The highest BCUT2D eigenvalue weighted by atomic mass is 35.5. The Morgan fingerprint density at radius 1 is 1.26 bits per heavy atom. The van der Waals surface area contributed by atoms with E-state index in [-0.39, 0.29) is 16.9 Å². The van der Waals surface area contributed by atoms with Crippen molar-refractivity contribution in [1.29, 1.82) is 0 Å². The standard InChI is InChI=1S/C15H16ClFN2/c1-18-13(8-11-4-3-7-19-10-11)9-12-5-2-6-14(17)15(12)16/h2-7,10,13,18H,8-9H2,1H3. The summed E-state index contributed by atoms with van der Waals surface area (Å²) in [5, 5.41) is 3.45. The molecule has 0 fully saturated rings. The molecule has 1 N–H and O–H groups in total. The van der Waals surface area contributed by atoms with Gasteiger partial charge in [-0.05, 0) is 43.1 Å². The number of aromatic nitrogens is 1. The molecule has 2 aromatic rings. The minimum absolute atomic E-state index is 0.198. The van der Waals surface area contributed by atoms with Gasteiger partial charge in [0, 0.05) is 18.4 Å². The molecule has 0 aliphatic carbocycles. The summed E-state index contributed by atoms with van der Waals surface area (Å²) in [6.45, 7) is 0. The second-order valence-electron chi connectivity index (χ2n) is 4.47. The maximum absolute atomic E-state index is 13.4. The summed E-state index contributed by atoms with van der Waals surface area (Å²) in [6.07, 6.45) is 5.11. The maximum atomic E-state index is 13.4. The fourth-order valence-electron chi connectivity index (χ4n) is 2.05. The topological polar surface area (TPSA) is 24.9 Å². The zero-order valence-electron chi connectivity index (χ0n) is 10.7. The lowest BCUT2D eigenvalue weighted by Gasteiger charge is -2.17. The van der Waals surface area contributed by atoms with Crippen LogP contribution in [0.2, 0.25) is 5.02 Å². The fraction of sp³-hybridized carbons (Fsp3) is 0.267. The van der Waals surface area contributed by atoms with E-state index in [1.807, 2.05) is 31.4 Å². The van der Waals surface area contributed by atoms with Crippen molar-refractivity contribution in [3.8, 4) is 0 Å². The van der Waals surface area contributed by atoms with Crippen LogP contribution in [0.15, 0.2) is 42.7 Å². The molecule has 100 valence electrons. The van der Waals surface area contributed by atoms with Gasteiger partial charge in [-0.1, -0.05) is 29.8 Å². The van der Waals surface area contributed by atoms with E-state index in [4.69, 9.17) is 11.6 Å². The first-order valence-electron chi connectivity index (χ1n) is 6.19. The lowest BCUT2D eigenvalue weighted by molar-refractivity contribution is 0.552. The number of hydrogen-bond donors (Lipinski definition) is 1. The van der Waals surface area contributed by atoms with Crippen LogP contribution in [0.4, 0.5) is 4.39 Å². The van der Waals surface area contributed by atoms with Gasteiger partial charge in [-0.3, -0.25) is 4.98 Å². The van der Waals surface area contributed by atoms with E-state index in [1.165, 1.54) is 6.07 Å². The van der Waals surface area contributed by atoms with Crippen molar-refractivity contribution < 1.29 is 4.39 Å². The van der Waals surface area contributed by atoms with E-state index in [0.29, 0.717) is 6.42 Å². The Morgan fingerprint density at radius 2 is 2.11 bits per heavy atom. The summed E-state index contributed by atoms with van der Waals surface area (Å²) in [5.74, 6) is -0.365. The quantitative estimate of drug-likeness (QED) is 0.908. The molecule has 0 radical (unpaired) electrons. The largest absolute Gasteiger partial charge is 0.316 e. The summed E-state index contributed by atoms with van der Waals surface area (Å²) in [4.78, 5) is 4.10. The highest BCUT2D eigenvalue weighted by Gasteiger charge is 2.12. The second kappa shape index (κ2) is 6.64. The number of nitrogens with zero attached hydrogens (tertiary/aromatic N) is 1. The van der Waals surface area contributed by atoms with Crippen LogP contribution >= 0.6 is 11.6 Å². The van der Waals surface area contributed by atoms with E-state index < -0.39 is 0 Å². The molecule has 1 aromatic heterocycles. The number of likely N-dealkylation sites (N-methyl/N-ethyl adjacent to an activating group) is 1. The van der Waals surface area contributed by atoms with Crippen LogP contribution in [0.1, 0.15) is 11.1 Å². The second-order valence-corrected chi connectivity index (χ2v) is 4.85. The van der Waals surface area contributed by atoms with Crippen LogP contribution in [0.3, 0.4) is 0 Å². The Kier molecular flexibility index (Phi) is 4.88. The molecule has 1 heterocycles. The molecule has 1 atom stereocenters. The number of benzene rings is 1. The first kappa shape index (κ1) is 14.0. The van der Waals surface area contributed by atoms with Gasteiger partial charge in [-0.25, -0.2) is 4.39 Å². The highest BCUT2D eigenvalue weighted by molar-refractivity contribution is 6.31. The third kappa shape index (κ3) is 3.75. The van der Waals surface area contributed by atoms with Gasteiger partial charge in [0.25, 0.3) is 0 Å². The third-order valence-corrected chi connectivity index (χ3v) is 3.53. The Balaban J connectivity index is 2.09. The van der Waals surface area contributed by atoms with Crippen molar-refractivity contribution in [3.05, 3.63) is 64.7 Å². The summed E-state index contributed by atoms with van der Waals surface area (Å²) >= 11 is 5.98. The van der Waals surface area contributed by atoms with Crippen molar-refractivity contribution in [2.75, 3.05) is 7.05 Å². The summed E-state index contributed by atoms with van der Waals surface area (Å²) in [6, 6.07) is 9.07. The predicted molar refractivity (Wildman–Crippen MR) is 75.9 cm³/mol. The first-order chi connectivity index (χ1) is 9.20. The van der Waals surface area contributed by atoms with Crippen LogP contribution < -0.4 is 5.32 Å². The van der Waals surface area contributed by atoms with E-state index in [2.05, 4.69) is 10.3 Å². The summed E-state index contributed by atoms with van der Waals surface area (Å²) in [5.41, 5.74) is 1.97. The van der Waals surface area contributed by atoms with E-state index >= 15 is 0 Å². The molecular formula is C15H16ClFN2. The molecule has 2 nitrogen and oxygen atoms in total. The van der Waals surface area contributed by atoms with Gasteiger partial charge in [0.15, 0.2) is 0 Å². The van der Waals surface area contributed by atoms with Crippen LogP contribution in [0, 0.1) is 5.82 Å². The van der Waals surface area contributed by atoms with E-state index in [1.54, 1.807) is 12.3 Å². The first-order valence-corrected chi connectivity index (χ1v) is 6.57. The smallest absolute Gasteiger partial charge is 0.142 e. The van der Waals surface area contributed by atoms with Crippen molar-refractivity contribution in [2.45, 2.75) is 18.9 Å². The van der Waals surface area contributed by atoms with Gasteiger partial charge < -0.3 is 5.32 Å². The monoisotopic (exact) mass is 278 g/mol. The lowest BCUT2D eigenvalue weighted by atomic mass is 10.00. The predicted octanol–water partition coefficient (Wildman–Crippen LogP) is 3.25. The molecule has 0 spiro atoms. The SMILES string of the molecule is CNC(Cc1cccnc1)Cc1cccc(F)c1Cl. The van der Waals surface area contributed by atoms with E-state index in [0.717, 1.165) is 17.5 Å².